The highest BCUT2D eigenvalue weighted by atomic mass is 19.3. The Bertz CT molecular complexity index is 540. The molecule has 0 aliphatic heterocycles. The number of aliphatic hydroxyl groups is 1. The molecule has 1 N–H and O–H groups in total. The van der Waals surface area contributed by atoms with E-state index >= 15 is 0 Å². The van der Waals surface area contributed by atoms with Crippen LogP contribution >= 0.6 is 0 Å². The highest BCUT2D eigenvalue weighted by Gasteiger charge is 2.17. The number of hydrogen-bond donors (Lipinski definition) is 1. The van der Waals surface area contributed by atoms with Crippen molar-refractivity contribution >= 4 is 0 Å². The van der Waals surface area contributed by atoms with Gasteiger partial charge >= 0.3 is 6.61 Å². The Hall–Kier alpha value is -2.08. The summed E-state index contributed by atoms with van der Waals surface area (Å²) in [5.41, 5.74) is 0.463. The smallest absolute Gasteiger partial charge is 0.387 e. The van der Waals surface area contributed by atoms with Gasteiger partial charge in [-0.25, -0.2) is 0 Å². The Morgan fingerprint density at radius 1 is 1.25 bits per heavy atom. The van der Waals surface area contributed by atoms with Crippen molar-refractivity contribution in [2.45, 2.75) is 19.6 Å². The maximum absolute atomic E-state index is 12.3. The summed E-state index contributed by atoms with van der Waals surface area (Å²) in [6.45, 7) is -0.920. The Morgan fingerprint density at radius 3 is 2.65 bits per heavy atom. The van der Waals surface area contributed by atoms with Gasteiger partial charge in [-0.05, 0) is 36.8 Å². The molecular weight excluding hydrogens is 270 g/mol. The maximum atomic E-state index is 12.3. The molecule has 0 fully saturated rings. The van der Waals surface area contributed by atoms with Gasteiger partial charge in [-0.15, -0.1) is 0 Å². The van der Waals surface area contributed by atoms with Crippen LogP contribution in [-0.4, -0.2) is 18.3 Å². The lowest BCUT2D eigenvalue weighted by Crippen LogP contribution is -2.06. The number of rotatable bonds is 6. The van der Waals surface area contributed by atoms with Gasteiger partial charge in [-0.1, -0.05) is 6.07 Å². The van der Waals surface area contributed by atoms with Crippen molar-refractivity contribution in [1.82, 2.24) is 0 Å². The average Bonchev–Trinajstić information content (AvgIpc) is 2.93. The molecule has 1 aromatic carbocycles. The van der Waals surface area contributed by atoms with Gasteiger partial charge < -0.3 is 19.0 Å². The van der Waals surface area contributed by atoms with Crippen LogP contribution in [0.1, 0.15) is 24.4 Å². The fourth-order valence-corrected chi connectivity index (χ4v) is 1.77. The summed E-state index contributed by atoms with van der Waals surface area (Å²) in [5.74, 6) is 0.433. The first kappa shape index (κ1) is 14.3. The molecule has 1 unspecified atom stereocenters. The number of ether oxygens (including phenoxy) is 2. The minimum atomic E-state index is -2.94. The zero-order chi connectivity index (χ0) is 14.5. The summed E-state index contributed by atoms with van der Waals surface area (Å²) in [6.07, 6.45) is 0.445. The zero-order valence-corrected chi connectivity index (χ0v) is 10.8. The number of aliphatic hydroxyl groups excluding tert-OH is 1. The number of benzene rings is 1. The number of halogens is 2. The van der Waals surface area contributed by atoms with E-state index < -0.39 is 12.7 Å². The van der Waals surface area contributed by atoms with E-state index in [2.05, 4.69) is 4.74 Å². The third-order valence-electron chi connectivity index (χ3n) is 2.61. The maximum Gasteiger partial charge on any atom is 0.387 e. The molecule has 0 amide bonds. The van der Waals surface area contributed by atoms with Gasteiger partial charge in [0.2, 0.25) is 0 Å². The van der Waals surface area contributed by atoms with Gasteiger partial charge in [-0.2, -0.15) is 8.78 Å². The van der Waals surface area contributed by atoms with Crippen LogP contribution in [0.25, 0.3) is 0 Å². The van der Waals surface area contributed by atoms with Gasteiger partial charge in [0.05, 0.1) is 12.9 Å². The minimum absolute atomic E-state index is 0.0720. The van der Waals surface area contributed by atoms with Gasteiger partial charge in [0.15, 0.2) is 11.5 Å². The molecule has 108 valence electrons. The molecule has 2 aromatic rings. The molecule has 2 rings (SSSR count). The fraction of sp³-hybridized carbons (Fsp3) is 0.286. The zero-order valence-electron chi connectivity index (χ0n) is 10.8. The highest BCUT2D eigenvalue weighted by Crippen LogP contribution is 2.33. The number of hydrogen-bond acceptors (Lipinski definition) is 4. The standard InChI is InChI=1S/C14H14F2O4/c1-2-18-12-8-9(5-6-10(12)20-14(15)16)13(17)11-4-3-7-19-11/h3-8,13-14,17H,2H2,1H3. The molecule has 0 spiro atoms. The Kier molecular flexibility index (Phi) is 4.57. The summed E-state index contributed by atoms with van der Waals surface area (Å²) in [5, 5.41) is 10.1. The summed E-state index contributed by atoms with van der Waals surface area (Å²) in [7, 11) is 0. The van der Waals surface area contributed by atoms with Crippen LogP contribution in [0, 0.1) is 0 Å². The average molecular weight is 284 g/mol. The van der Waals surface area contributed by atoms with E-state index in [0.717, 1.165) is 0 Å². The van der Waals surface area contributed by atoms with Crippen LogP contribution in [0.5, 0.6) is 11.5 Å². The normalized spacial score (nSPS) is 12.4. The van der Waals surface area contributed by atoms with Gasteiger partial charge in [0.1, 0.15) is 11.9 Å². The van der Waals surface area contributed by atoms with Crippen molar-refractivity contribution in [2.75, 3.05) is 6.61 Å². The highest BCUT2D eigenvalue weighted by molar-refractivity contribution is 5.44. The summed E-state index contributed by atoms with van der Waals surface area (Å²) < 4.78 is 39.3. The van der Waals surface area contributed by atoms with Gasteiger partial charge in [0.25, 0.3) is 0 Å². The molecule has 1 aromatic heterocycles. The second kappa shape index (κ2) is 6.38. The second-order valence-corrected chi connectivity index (χ2v) is 3.94. The van der Waals surface area contributed by atoms with Crippen LogP contribution in [-0.2, 0) is 0 Å². The van der Waals surface area contributed by atoms with Crippen molar-refractivity contribution in [3.8, 4) is 11.5 Å². The Balaban J connectivity index is 2.29. The van der Waals surface area contributed by atoms with E-state index in [1.165, 1.54) is 24.5 Å². The predicted molar refractivity (Wildman–Crippen MR) is 67.0 cm³/mol. The van der Waals surface area contributed by atoms with Crippen LogP contribution in [0.4, 0.5) is 8.78 Å². The topological polar surface area (TPSA) is 51.8 Å². The van der Waals surface area contributed by atoms with Crippen molar-refractivity contribution in [1.29, 1.82) is 0 Å². The molecule has 20 heavy (non-hydrogen) atoms. The largest absolute Gasteiger partial charge is 0.490 e. The monoisotopic (exact) mass is 284 g/mol. The molecular formula is C14H14F2O4. The summed E-state index contributed by atoms with van der Waals surface area (Å²) in [4.78, 5) is 0. The summed E-state index contributed by atoms with van der Waals surface area (Å²) >= 11 is 0. The van der Waals surface area contributed by atoms with Crippen LogP contribution in [0.3, 0.4) is 0 Å². The second-order valence-electron chi connectivity index (χ2n) is 3.94. The van der Waals surface area contributed by atoms with Crippen LogP contribution < -0.4 is 9.47 Å². The lowest BCUT2D eigenvalue weighted by Gasteiger charge is -2.14. The van der Waals surface area contributed by atoms with E-state index in [1.54, 1.807) is 19.1 Å². The first-order valence-corrected chi connectivity index (χ1v) is 6.04. The van der Waals surface area contributed by atoms with Crippen molar-refractivity contribution in [3.63, 3.8) is 0 Å². The number of furan rings is 1. The Morgan fingerprint density at radius 2 is 2.05 bits per heavy atom. The van der Waals surface area contributed by atoms with E-state index in [-0.39, 0.29) is 11.5 Å². The molecule has 0 saturated carbocycles. The lowest BCUT2D eigenvalue weighted by atomic mass is 10.1. The first-order chi connectivity index (χ1) is 9.61. The minimum Gasteiger partial charge on any atom is -0.490 e. The molecule has 0 aliphatic carbocycles. The van der Waals surface area contributed by atoms with Crippen molar-refractivity contribution < 1.29 is 27.8 Å². The first-order valence-electron chi connectivity index (χ1n) is 6.04. The predicted octanol–water partition coefficient (Wildman–Crippen LogP) is 3.36. The van der Waals surface area contributed by atoms with Crippen molar-refractivity contribution in [3.05, 3.63) is 47.9 Å². The van der Waals surface area contributed by atoms with E-state index in [0.29, 0.717) is 17.9 Å². The molecule has 0 bridgehead atoms. The number of alkyl halides is 2. The van der Waals surface area contributed by atoms with Gasteiger partial charge in [-0.3, -0.25) is 0 Å². The third-order valence-corrected chi connectivity index (χ3v) is 2.61. The van der Waals surface area contributed by atoms with Gasteiger partial charge in [0, 0.05) is 0 Å². The molecule has 0 radical (unpaired) electrons. The molecule has 4 nitrogen and oxygen atoms in total. The fourth-order valence-electron chi connectivity index (χ4n) is 1.77. The Labute approximate surface area is 114 Å². The SMILES string of the molecule is CCOc1cc(C(O)c2ccco2)ccc1OC(F)F. The van der Waals surface area contributed by atoms with E-state index in [9.17, 15) is 13.9 Å². The third kappa shape index (κ3) is 3.27. The molecule has 0 aliphatic rings. The molecule has 1 atom stereocenters. The lowest BCUT2D eigenvalue weighted by molar-refractivity contribution is -0.0514. The molecule has 6 heteroatoms. The van der Waals surface area contributed by atoms with E-state index in [1.807, 2.05) is 0 Å². The van der Waals surface area contributed by atoms with Crippen LogP contribution in [0.2, 0.25) is 0 Å². The van der Waals surface area contributed by atoms with Crippen molar-refractivity contribution in [2.24, 2.45) is 0 Å². The summed E-state index contributed by atoms with van der Waals surface area (Å²) in [6, 6.07) is 7.53. The quantitative estimate of drug-likeness (QED) is 0.883. The molecule has 0 saturated heterocycles. The van der Waals surface area contributed by atoms with E-state index in [4.69, 9.17) is 9.15 Å². The molecule has 1 heterocycles. The van der Waals surface area contributed by atoms with Crippen LogP contribution in [0.15, 0.2) is 41.0 Å².